The van der Waals surface area contributed by atoms with Gasteiger partial charge < -0.3 is 9.80 Å². The van der Waals surface area contributed by atoms with Crippen LogP contribution in [0, 0.1) is 25.5 Å². The van der Waals surface area contributed by atoms with Gasteiger partial charge in [0, 0.05) is 38.4 Å². The molecule has 200 valence electrons. The van der Waals surface area contributed by atoms with E-state index in [0.717, 1.165) is 39.1 Å². The molecular formula is C31H36F2N4O. The number of rotatable bonds is 7. The monoisotopic (exact) mass is 518 g/mol. The summed E-state index contributed by atoms with van der Waals surface area (Å²) < 4.78 is 27.5. The number of nitrogens with one attached hydrogen (secondary N) is 1. The average Bonchev–Trinajstić information content (AvgIpc) is 3.16. The van der Waals surface area contributed by atoms with Crippen LogP contribution in [0.4, 0.5) is 14.5 Å². The highest BCUT2D eigenvalue weighted by Gasteiger charge is 2.52. The number of piperazine rings is 1. The van der Waals surface area contributed by atoms with Crippen molar-refractivity contribution >= 4 is 11.6 Å². The standard InChI is InChI=1S/C31H36F2N4O/c1-22-5-14-29(23(2)21-22)36-19-17-35(18-20-36)15-4-16-37-24(3)34-31(30(37)38,25-6-10-27(32)11-7-25)26-8-12-28(33)13-9-26/h5-14,21,24,34H,4,15-20H2,1-3H3. The van der Waals surface area contributed by atoms with Crippen LogP contribution in [-0.4, -0.2) is 61.1 Å². The van der Waals surface area contributed by atoms with Gasteiger partial charge in [-0.25, -0.2) is 8.78 Å². The van der Waals surface area contributed by atoms with Gasteiger partial charge >= 0.3 is 0 Å². The van der Waals surface area contributed by atoms with Gasteiger partial charge in [-0.3, -0.25) is 15.0 Å². The highest BCUT2D eigenvalue weighted by Crippen LogP contribution is 2.37. The molecule has 1 amide bonds. The molecule has 5 nitrogen and oxygen atoms in total. The molecule has 7 heteroatoms. The van der Waals surface area contributed by atoms with Gasteiger partial charge in [0.05, 0.1) is 6.17 Å². The first kappa shape index (κ1) is 26.3. The molecule has 0 saturated carbocycles. The minimum atomic E-state index is -1.18. The molecule has 2 saturated heterocycles. The maximum absolute atomic E-state index is 14.0. The van der Waals surface area contributed by atoms with Gasteiger partial charge in [0.1, 0.15) is 11.6 Å². The lowest BCUT2D eigenvalue weighted by Gasteiger charge is -2.37. The summed E-state index contributed by atoms with van der Waals surface area (Å²) >= 11 is 0. The quantitative estimate of drug-likeness (QED) is 0.487. The van der Waals surface area contributed by atoms with Crippen molar-refractivity contribution in [3.05, 3.63) is 101 Å². The fourth-order valence-corrected chi connectivity index (χ4v) is 5.96. The molecule has 0 spiro atoms. The zero-order valence-corrected chi connectivity index (χ0v) is 22.4. The number of hydrogen-bond donors (Lipinski definition) is 1. The molecule has 5 rings (SSSR count). The van der Waals surface area contributed by atoms with Crippen LogP contribution in [0.25, 0.3) is 0 Å². The van der Waals surface area contributed by atoms with Gasteiger partial charge in [0.15, 0.2) is 5.54 Å². The Hall–Kier alpha value is -3.29. The predicted molar refractivity (Wildman–Crippen MR) is 147 cm³/mol. The zero-order chi connectivity index (χ0) is 26.9. The third-order valence-electron chi connectivity index (χ3n) is 7.97. The Morgan fingerprint density at radius 3 is 1.97 bits per heavy atom. The number of aryl methyl sites for hydroxylation is 2. The van der Waals surface area contributed by atoms with Crippen molar-refractivity contribution in [3.8, 4) is 0 Å². The Bertz CT molecular complexity index is 1220. The molecule has 3 aromatic carbocycles. The normalized spacial score (nSPS) is 19.8. The number of amides is 1. The van der Waals surface area contributed by atoms with E-state index in [9.17, 15) is 13.6 Å². The van der Waals surface area contributed by atoms with Gasteiger partial charge in [-0.2, -0.15) is 0 Å². The Morgan fingerprint density at radius 2 is 1.42 bits per heavy atom. The second-order valence-corrected chi connectivity index (χ2v) is 10.6. The van der Waals surface area contributed by atoms with Crippen molar-refractivity contribution in [1.29, 1.82) is 0 Å². The first-order chi connectivity index (χ1) is 18.3. The smallest absolute Gasteiger partial charge is 0.253 e. The number of nitrogens with zero attached hydrogens (tertiary/aromatic N) is 3. The lowest BCUT2D eigenvalue weighted by Crippen LogP contribution is -2.47. The lowest BCUT2D eigenvalue weighted by molar-refractivity contribution is -0.132. The maximum atomic E-state index is 14.0. The summed E-state index contributed by atoms with van der Waals surface area (Å²) in [7, 11) is 0. The Morgan fingerprint density at radius 1 is 0.842 bits per heavy atom. The summed E-state index contributed by atoms with van der Waals surface area (Å²) in [4.78, 5) is 20.8. The maximum Gasteiger partial charge on any atom is 0.253 e. The van der Waals surface area contributed by atoms with E-state index in [1.807, 2.05) is 11.8 Å². The van der Waals surface area contributed by atoms with Crippen LogP contribution in [-0.2, 0) is 10.3 Å². The number of halogens is 2. The van der Waals surface area contributed by atoms with Crippen molar-refractivity contribution in [1.82, 2.24) is 15.1 Å². The van der Waals surface area contributed by atoms with E-state index >= 15 is 0 Å². The third kappa shape index (κ3) is 5.05. The summed E-state index contributed by atoms with van der Waals surface area (Å²) in [6.07, 6.45) is 0.628. The second-order valence-electron chi connectivity index (χ2n) is 10.6. The van der Waals surface area contributed by atoms with Gasteiger partial charge in [0.2, 0.25) is 0 Å². The fourth-order valence-electron chi connectivity index (χ4n) is 5.96. The van der Waals surface area contributed by atoms with E-state index in [1.165, 1.54) is 41.1 Å². The Labute approximate surface area is 224 Å². The summed E-state index contributed by atoms with van der Waals surface area (Å²) in [5, 5.41) is 3.47. The number of hydrogen-bond acceptors (Lipinski definition) is 4. The van der Waals surface area contributed by atoms with Crippen LogP contribution >= 0.6 is 0 Å². The molecule has 0 aromatic heterocycles. The molecule has 2 fully saturated rings. The first-order valence-electron chi connectivity index (χ1n) is 13.4. The van der Waals surface area contributed by atoms with E-state index in [-0.39, 0.29) is 23.7 Å². The molecule has 3 aromatic rings. The Kier molecular flexibility index (Phi) is 7.50. The zero-order valence-electron chi connectivity index (χ0n) is 22.4. The summed E-state index contributed by atoms with van der Waals surface area (Å²) in [5.74, 6) is -0.824. The first-order valence-corrected chi connectivity index (χ1v) is 13.4. The van der Waals surface area contributed by atoms with Crippen LogP contribution in [0.15, 0.2) is 66.7 Å². The molecule has 0 aliphatic carbocycles. The van der Waals surface area contributed by atoms with Gasteiger partial charge in [-0.15, -0.1) is 0 Å². The average molecular weight is 519 g/mol. The molecule has 2 aliphatic heterocycles. The molecule has 2 aliphatic rings. The van der Waals surface area contributed by atoms with Gasteiger partial charge in [0.25, 0.3) is 5.91 Å². The molecule has 1 atom stereocenters. The number of anilines is 1. The molecule has 1 unspecified atom stereocenters. The molecule has 1 N–H and O–H groups in total. The van der Waals surface area contributed by atoms with Gasteiger partial charge in [-0.05, 0) is 80.8 Å². The van der Waals surface area contributed by atoms with E-state index in [0.29, 0.717) is 17.7 Å². The molecule has 0 bridgehead atoms. The van der Waals surface area contributed by atoms with Crippen molar-refractivity contribution < 1.29 is 13.6 Å². The highest BCUT2D eigenvalue weighted by atomic mass is 19.1. The fraction of sp³-hybridized carbons (Fsp3) is 0.387. The largest absolute Gasteiger partial charge is 0.369 e. The van der Waals surface area contributed by atoms with Crippen LogP contribution < -0.4 is 10.2 Å². The SMILES string of the molecule is Cc1ccc(N2CCN(CCCN3C(=O)C(c4ccc(F)cc4)(c4ccc(F)cc4)NC3C)CC2)c(C)c1. The van der Waals surface area contributed by atoms with E-state index in [4.69, 9.17) is 0 Å². The number of carbonyl (C=O) groups is 1. The van der Waals surface area contributed by atoms with E-state index in [2.05, 4.69) is 47.2 Å². The lowest BCUT2D eigenvalue weighted by atomic mass is 9.82. The predicted octanol–water partition coefficient (Wildman–Crippen LogP) is 4.82. The summed E-state index contributed by atoms with van der Waals surface area (Å²) in [5.41, 5.74) is 4.03. The van der Waals surface area contributed by atoms with E-state index in [1.54, 1.807) is 24.3 Å². The molecule has 38 heavy (non-hydrogen) atoms. The second kappa shape index (κ2) is 10.8. The van der Waals surface area contributed by atoms with Crippen molar-refractivity contribution in [2.75, 3.05) is 44.2 Å². The Balaban J connectivity index is 1.24. The molecule has 2 heterocycles. The summed E-state index contributed by atoms with van der Waals surface area (Å²) in [6, 6.07) is 18.6. The molecular weight excluding hydrogens is 482 g/mol. The minimum absolute atomic E-state index is 0.0946. The number of benzene rings is 3. The highest BCUT2D eigenvalue weighted by molar-refractivity contribution is 5.94. The van der Waals surface area contributed by atoms with Crippen molar-refractivity contribution in [2.45, 2.75) is 38.9 Å². The van der Waals surface area contributed by atoms with Crippen molar-refractivity contribution in [3.63, 3.8) is 0 Å². The van der Waals surface area contributed by atoms with Gasteiger partial charge in [-0.1, -0.05) is 42.0 Å². The third-order valence-corrected chi connectivity index (χ3v) is 7.97. The van der Waals surface area contributed by atoms with Crippen LogP contribution in [0.1, 0.15) is 35.6 Å². The van der Waals surface area contributed by atoms with Crippen molar-refractivity contribution in [2.24, 2.45) is 0 Å². The molecule has 0 radical (unpaired) electrons. The van der Waals surface area contributed by atoms with Crippen LogP contribution in [0.2, 0.25) is 0 Å². The topological polar surface area (TPSA) is 38.8 Å². The van der Waals surface area contributed by atoms with Crippen LogP contribution in [0.5, 0.6) is 0 Å². The summed E-state index contributed by atoms with van der Waals surface area (Å²) in [6.45, 7) is 11.7. The number of carbonyl (C=O) groups excluding carboxylic acids is 1. The van der Waals surface area contributed by atoms with Crippen LogP contribution in [0.3, 0.4) is 0 Å². The minimum Gasteiger partial charge on any atom is -0.369 e. The van der Waals surface area contributed by atoms with E-state index < -0.39 is 5.54 Å².